The summed E-state index contributed by atoms with van der Waals surface area (Å²) in [6.07, 6.45) is 1.54. The molecule has 11 heteroatoms. The number of rotatable bonds is 8. The number of carbonyl (C=O) groups excluding carboxylic acids is 1. The van der Waals surface area contributed by atoms with Crippen LogP contribution < -0.4 is 0 Å². The summed E-state index contributed by atoms with van der Waals surface area (Å²) < 4.78 is 28.8. The van der Waals surface area contributed by atoms with Crippen molar-refractivity contribution in [2.24, 2.45) is 0 Å². The van der Waals surface area contributed by atoms with E-state index >= 15 is 0 Å². The number of carbonyl (C=O) groups is 1. The fourth-order valence-corrected chi connectivity index (χ4v) is 5.92. The molecule has 0 N–H and O–H groups in total. The largest absolute Gasteiger partial charge is 0.339 e. The van der Waals surface area contributed by atoms with Crippen molar-refractivity contribution in [3.8, 4) is 0 Å². The number of hydrogen-bond donors (Lipinski definition) is 0. The van der Waals surface area contributed by atoms with Gasteiger partial charge in [-0.2, -0.15) is 4.31 Å². The van der Waals surface area contributed by atoms with Crippen molar-refractivity contribution < 1.29 is 13.2 Å². The lowest BCUT2D eigenvalue weighted by Crippen LogP contribution is -2.50. The zero-order chi connectivity index (χ0) is 21.9. The summed E-state index contributed by atoms with van der Waals surface area (Å²) in [4.78, 5) is 17.3. The van der Waals surface area contributed by atoms with Crippen LogP contribution in [0.5, 0.6) is 0 Å². The number of aromatic nitrogens is 3. The Kier molecular flexibility index (Phi) is 7.38. The van der Waals surface area contributed by atoms with Crippen LogP contribution in [0.3, 0.4) is 0 Å². The normalized spacial score (nSPS) is 17.0. The predicted molar refractivity (Wildman–Crippen MR) is 117 cm³/mol. The Morgan fingerprint density at radius 3 is 2.40 bits per heavy atom. The van der Waals surface area contributed by atoms with Gasteiger partial charge in [-0.15, -0.1) is 10.2 Å². The van der Waals surface area contributed by atoms with E-state index in [0.717, 1.165) is 32.7 Å². The molecule has 0 aromatic carbocycles. The van der Waals surface area contributed by atoms with Crippen molar-refractivity contribution >= 4 is 33.3 Å². The van der Waals surface area contributed by atoms with Crippen LogP contribution in [0.4, 0.5) is 0 Å². The first-order valence-electron chi connectivity index (χ1n) is 10.3. The van der Waals surface area contributed by atoms with Crippen molar-refractivity contribution in [3.63, 3.8) is 0 Å². The number of thioether (sulfide) groups is 1. The minimum absolute atomic E-state index is 0.0689. The van der Waals surface area contributed by atoms with Crippen LogP contribution in [0, 0.1) is 0 Å². The van der Waals surface area contributed by atoms with Gasteiger partial charge in [0.15, 0.2) is 10.8 Å². The van der Waals surface area contributed by atoms with Crippen molar-refractivity contribution in [1.82, 2.24) is 28.7 Å². The molecule has 1 aliphatic heterocycles. The summed E-state index contributed by atoms with van der Waals surface area (Å²) >= 11 is 1.30. The highest BCUT2D eigenvalue weighted by atomic mass is 32.2. The lowest BCUT2D eigenvalue weighted by atomic mass is 10.3. The third-order valence-corrected chi connectivity index (χ3v) is 8.53. The molecule has 1 atom stereocenters. The number of sulfonamides is 1. The van der Waals surface area contributed by atoms with Crippen LogP contribution in [0.1, 0.15) is 27.7 Å². The number of amides is 1. The van der Waals surface area contributed by atoms with Gasteiger partial charge in [-0.1, -0.05) is 32.5 Å². The molecule has 1 amide bonds. The third kappa shape index (κ3) is 4.63. The average Bonchev–Trinajstić information content (AvgIpc) is 3.16. The van der Waals surface area contributed by atoms with E-state index in [0.29, 0.717) is 23.9 Å². The second-order valence-electron chi connectivity index (χ2n) is 7.18. The highest BCUT2D eigenvalue weighted by Crippen LogP contribution is 2.25. The van der Waals surface area contributed by atoms with Crippen molar-refractivity contribution in [1.29, 1.82) is 0 Å². The molecule has 0 aliphatic carbocycles. The summed E-state index contributed by atoms with van der Waals surface area (Å²) in [6, 6.07) is 3.19. The number of piperazine rings is 1. The molecule has 1 fully saturated rings. The van der Waals surface area contributed by atoms with Gasteiger partial charge in [0, 0.05) is 45.5 Å². The van der Waals surface area contributed by atoms with Crippen LogP contribution in [0.2, 0.25) is 0 Å². The van der Waals surface area contributed by atoms with E-state index in [1.54, 1.807) is 22.7 Å². The Labute approximate surface area is 182 Å². The molecule has 0 unspecified atom stereocenters. The van der Waals surface area contributed by atoms with E-state index in [-0.39, 0.29) is 16.1 Å². The van der Waals surface area contributed by atoms with Gasteiger partial charge >= 0.3 is 0 Å². The fraction of sp³-hybridized carbons (Fsp3) is 0.632. The summed E-state index contributed by atoms with van der Waals surface area (Å²) in [5.41, 5.74) is 0.548. The monoisotopic (exact) mass is 454 g/mol. The number of fused-ring (bicyclic) bond motifs is 1. The van der Waals surface area contributed by atoms with Gasteiger partial charge in [0.1, 0.15) is 0 Å². The van der Waals surface area contributed by atoms with Gasteiger partial charge in [-0.25, -0.2) is 8.42 Å². The van der Waals surface area contributed by atoms with Gasteiger partial charge < -0.3 is 9.80 Å². The Balaban J connectivity index is 1.79. The Hall–Kier alpha value is -1.69. The summed E-state index contributed by atoms with van der Waals surface area (Å²) in [7, 11) is -3.59. The maximum Gasteiger partial charge on any atom is 0.244 e. The van der Waals surface area contributed by atoms with E-state index in [1.165, 1.54) is 16.1 Å². The van der Waals surface area contributed by atoms with Crippen LogP contribution in [0.25, 0.3) is 5.65 Å². The molecule has 1 saturated heterocycles. The molecule has 2 aromatic rings. The van der Waals surface area contributed by atoms with Crippen molar-refractivity contribution in [2.75, 3.05) is 45.8 Å². The first-order chi connectivity index (χ1) is 14.3. The minimum Gasteiger partial charge on any atom is -0.339 e. The number of hydrogen-bond acceptors (Lipinski definition) is 7. The zero-order valence-electron chi connectivity index (χ0n) is 18.0. The highest BCUT2D eigenvalue weighted by molar-refractivity contribution is 8.00. The van der Waals surface area contributed by atoms with Crippen LogP contribution in [0.15, 0.2) is 28.4 Å². The minimum atomic E-state index is -3.59. The third-order valence-electron chi connectivity index (χ3n) is 5.45. The summed E-state index contributed by atoms with van der Waals surface area (Å²) in [5, 5.41) is 8.48. The van der Waals surface area contributed by atoms with Crippen LogP contribution in [-0.2, 0) is 14.8 Å². The van der Waals surface area contributed by atoms with Gasteiger partial charge in [-0.05, 0) is 25.6 Å². The number of likely N-dealkylation sites (N-methyl/N-ethyl adjacent to an activating group) is 1. The van der Waals surface area contributed by atoms with E-state index in [4.69, 9.17) is 0 Å². The molecule has 1 aliphatic rings. The summed E-state index contributed by atoms with van der Waals surface area (Å²) in [6.45, 7) is 12.6. The molecule has 166 valence electrons. The maximum atomic E-state index is 12.9. The van der Waals surface area contributed by atoms with E-state index in [9.17, 15) is 13.2 Å². The zero-order valence-corrected chi connectivity index (χ0v) is 19.6. The van der Waals surface area contributed by atoms with Crippen molar-refractivity contribution in [2.45, 2.75) is 43.0 Å². The molecular weight excluding hydrogens is 424 g/mol. The number of pyridine rings is 1. The van der Waals surface area contributed by atoms with E-state index in [1.807, 2.05) is 25.7 Å². The van der Waals surface area contributed by atoms with Gasteiger partial charge in [0.2, 0.25) is 15.9 Å². The lowest BCUT2D eigenvalue weighted by Gasteiger charge is -2.35. The van der Waals surface area contributed by atoms with E-state index < -0.39 is 10.0 Å². The molecular formula is C19H30N6O3S2. The topological polar surface area (TPSA) is 91.1 Å². The second kappa shape index (κ2) is 9.63. The first-order valence-corrected chi connectivity index (χ1v) is 12.7. The highest BCUT2D eigenvalue weighted by Gasteiger charge is 2.27. The smallest absolute Gasteiger partial charge is 0.244 e. The fourth-order valence-electron chi connectivity index (χ4n) is 3.55. The molecule has 0 saturated carbocycles. The molecule has 0 spiro atoms. The molecule has 9 nitrogen and oxygen atoms in total. The quantitative estimate of drug-likeness (QED) is 0.557. The average molecular weight is 455 g/mol. The molecule has 3 rings (SSSR count). The van der Waals surface area contributed by atoms with Gasteiger partial charge in [0.25, 0.3) is 0 Å². The molecule has 2 aromatic heterocycles. The first kappa shape index (κ1) is 23.0. The second-order valence-corrected chi connectivity index (χ2v) is 10.4. The Morgan fingerprint density at radius 2 is 1.80 bits per heavy atom. The molecule has 0 bridgehead atoms. The summed E-state index contributed by atoms with van der Waals surface area (Å²) in [5.74, 6) is 0.0689. The maximum absolute atomic E-state index is 12.9. The number of nitrogens with zero attached hydrogens (tertiary/aromatic N) is 6. The standard InChI is InChI=1S/C19H30N6O3S2/c1-5-22-10-12-23(13-11-22)18(26)15(4)29-19-21-20-17-9-8-16(14-25(17)19)30(27,28)24(6-2)7-3/h8-9,14-15H,5-7,10-13H2,1-4H3/t15-/m1/s1. The SMILES string of the molecule is CCN1CCN(C(=O)[C@@H](C)Sc2nnc3ccc(S(=O)(=O)N(CC)CC)cn23)CC1. The van der Waals surface area contributed by atoms with Crippen LogP contribution >= 0.6 is 11.8 Å². The predicted octanol–water partition coefficient (Wildman–Crippen LogP) is 1.40. The van der Waals surface area contributed by atoms with Gasteiger partial charge in [-0.3, -0.25) is 9.20 Å². The lowest BCUT2D eigenvalue weighted by molar-refractivity contribution is -0.132. The Morgan fingerprint density at radius 1 is 1.13 bits per heavy atom. The molecule has 0 radical (unpaired) electrons. The van der Waals surface area contributed by atoms with Crippen LogP contribution in [-0.4, -0.2) is 94.1 Å². The Bertz CT molecular complexity index is 981. The van der Waals surface area contributed by atoms with Crippen molar-refractivity contribution in [3.05, 3.63) is 18.3 Å². The van der Waals surface area contributed by atoms with Gasteiger partial charge in [0.05, 0.1) is 10.1 Å². The molecule has 30 heavy (non-hydrogen) atoms. The molecule has 3 heterocycles. The van der Waals surface area contributed by atoms with E-state index in [2.05, 4.69) is 22.0 Å².